The molecule has 17 heavy (non-hydrogen) atoms. The third kappa shape index (κ3) is 2.88. The molecular formula is C15H23NO. The minimum atomic E-state index is -0.136. The van der Waals surface area contributed by atoms with Crippen molar-refractivity contribution >= 4 is 0 Å². The predicted octanol–water partition coefficient (Wildman–Crippen LogP) is 2.42. The van der Waals surface area contributed by atoms with Crippen molar-refractivity contribution in [3.8, 4) is 0 Å². The second kappa shape index (κ2) is 5.19. The van der Waals surface area contributed by atoms with Gasteiger partial charge in [0, 0.05) is 12.0 Å². The monoisotopic (exact) mass is 233 g/mol. The summed E-state index contributed by atoms with van der Waals surface area (Å²) in [7, 11) is 0. The van der Waals surface area contributed by atoms with Crippen molar-refractivity contribution in [1.29, 1.82) is 0 Å². The third-order valence-corrected chi connectivity index (χ3v) is 3.86. The minimum Gasteiger partial charge on any atom is -0.395 e. The third-order valence-electron chi connectivity index (χ3n) is 3.86. The van der Waals surface area contributed by atoms with Gasteiger partial charge in [0.25, 0.3) is 0 Å². The standard InChI is InChI=1S/C15H23NO/c1-15(2,11-17)14-7-5-12(6-8-14)13-4-3-9-16-10-13/h5-8,13,16-17H,3-4,9-11H2,1-2H3. The fraction of sp³-hybridized carbons (Fsp3) is 0.600. The van der Waals surface area contributed by atoms with Gasteiger partial charge in [0.05, 0.1) is 6.61 Å². The zero-order chi connectivity index (χ0) is 12.3. The number of piperidine rings is 1. The van der Waals surface area contributed by atoms with E-state index in [2.05, 4.69) is 43.4 Å². The van der Waals surface area contributed by atoms with Gasteiger partial charge in [-0.1, -0.05) is 38.1 Å². The first kappa shape index (κ1) is 12.6. The Morgan fingerprint density at radius 3 is 2.53 bits per heavy atom. The normalized spacial score (nSPS) is 21.5. The summed E-state index contributed by atoms with van der Waals surface area (Å²) in [6, 6.07) is 8.79. The molecule has 0 spiro atoms. The maximum absolute atomic E-state index is 9.36. The second-order valence-corrected chi connectivity index (χ2v) is 5.71. The molecule has 0 radical (unpaired) electrons. The van der Waals surface area contributed by atoms with E-state index in [1.807, 2.05) is 0 Å². The van der Waals surface area contributed by atoms with Crippen molar-refractivity contribution < 1.29 is 5.11 Å². The molecule has 0 bridgehead atoms. The van der Waals surface area contributed by atoms with Crippen LogP contribution >= 0.6 is 0 Å². The number of rotatable bonds is 3. The Kier molecular flexibility index (Phi) is 3.85. The van der Waals surface area contributed by atoms with E-state index >= 15 is 0 Å². The summed E-state index contributed by atoms with van der Waals surface area (Å²) in [5, 5.41) is 12.8. The SMILES string of the molecule is CC(C)(CO)c1ccc(C2CCCNC2)cc1. The van der Waals surface area contributed by atoms with Crippen LogP contribution in [-0.4, -0.2) is 24.8 Å². The average Bonchev–Trinajstić information content (AvgIpc) is 2.40. The van der Waals surface area contributed by atoms with E-state index in [1.54, 1.807) is 0 Å². The first-order chi connectivity index (χ1) is 8.13. The lowest BCUT2D eigenvalue weighted by atomic mass is 9.83. The lowest BCUT2D eigenvalue weighted by Crippen LogP contribution is -2.28. The number of aliphatic hydroxyl groups excluding tert-OH is 1. The molecule has 0 aliphatic carbocycles. The summed E-state index contributed by atoms with van der Waals surface area (Å²) in [5.41, 5.74) is 2.51. The van der Waals surface area contributed by atoms with Crippen LogP contribution in [0.25, 0.3) is 0 Å². The minimum absolute atomic E-state index is 0.136. The van der Waals surface area contributed by atoms with Crippen LogP contribution in [0.4, 0.5) is 0 Å². The number of hydrogen-bond donors (Lipinski definition) is 2. The molecule has 2 rings (SSSR count). The zero-order valence-electron chi connectivity index (χ0n) is 10.9. The Labute approximate surface area is 104 Å². The van der Waals surface area contributed by atoms with Crippen LogP contribution in [0.15, 0.2) is 24.3 Å². The molecule has 1 aliphatic heterocycles. The lowest BCUT2D eigenvalue weighted by Gasteiger charge is -2.25. The van der Waals surface area contributed by atoms with E-state index in [0.717, 1.165) is 13.1 Å². The molecule has 1 saturated heterocycles. The van der Waals surface area contributed by atoms with Crippen molar-refractivity contribution in [2.75, 3.05) is 19.7 Å². The zero-order valence-corrected chi connectivity index (χ0v) is 10.9. The average molecular weight is 233 g/mol. The van der Waals surface area contributed by atoms with E-state index < -0.39 is 0 Å². The number of aliphatic hydroxyl groups is 1. The summed E-state index contributed by atoms with van der Waals surface area (Å²) < 4.78 is 0. The highest BCUT2D eigenvalue weighted by Gasteiger charge is 2.20. The molecular weight excluding hydrogens is 210 g/mol. The van der Waals surface area contributed by atoms with Gasteiger partial charge < -0.3 is 10.4 Å². The Balaban J connectivity index is 2.12. The van der Waals surface area contributed by atoms with Crippen LogP contribution in [-0.2, 0) is 5.41 Å². The van der Waals surface area contributed by atoms with Gasteiger partial charge in [-0.05, 0) is 36.4 Å². The smallest absolute Gasteiger partial charge is 0.0522 e. The molecule has 0 saturated carbocycles. The molecule has 94 valence electrons. The molecule has 2 nitrogen and oxygen atoms in total. The molecule has 2 N–H and O–H groups in total. The highest BCUT2D eigenvalue weighted by molar-refractivity contribution is 5.30. The Morgan fingerprint density at radius 2 is 2.00 bits per heavy atom. The highest BCUT2D eigenvalue weighted by Crippen LogP contribution is 2.27. The van der Waals surface area contributed by atoms with Gasteiger partial charge in [0.1, 0.15) is 0 Å². The fourth-order valence-electron chi connectivity index (χ4n) is 2.43. The maximum Gasteiger partial charge on any atom is 0.0522 e. The number of nitrogens with one attached hydrogen (secondary N) is 1. The Morgan fingerprint density at radius 1 is 1.29 bits per heavy atom. The lowest BCUT2D eigenvalue weighted by molar-refractivity contribution is 0.218. The Bertz CT molecular complexity index is 350. The van der Waals surface area contributed by atoms with E-state index in [0.29, 0.717) is 5.92 Å². The highest BCUT2D eigenvalue weighted by atomic mass is 16.3. The molecule has 1 aromatic rings. The van der Waals surface area contributed by atoms with Crippen LogP contribution in [0.3, 0.4) is 0 Å². The molecule has 0 aromatic heterocycles. The first-order valence-corrected chi connectivity index (χ1v) is 6.55. The van der Waals surface area contributed by atoms with Gasteiger partial charge >= 0.3 is 0 Å². The van der Waals surface area contributed by atoms with Crippen molar-refractivity contribution in [2.24, 2.45) is 0 Å². The molecule has 1 unspecified atom stereocenters. The van der Waals surface area contributed by atoms with Crippen LogP contribution in [0.5, 0.6) is 0 Å². The molecule has 1 aliphatic rings. The summed E-state index contributed by atoms with van der Waals surface area (Å²) in [6.45, 7) is 6.60. The van der Waals surface area contributed by atoms with Crippen LogP contribution in [0.1, 0.15) is 43.7 Å². The quantitative estimate of drug-likeness (QED) is 0.840. The summed E-state index contributed by atoms with van der Waals surface area (Å²) in [4.78, 5) is 0. The van der Waals surface area contributed by atoms with Crippen molar-refractivity contribution in [2.45, 2.75) is 38.0 Å². The summed E-state index contributed by atoms with van der Waals surface area (Å²) in [5.74, 6) is 0.662. The van der Waals surface area contributed by atoms with Gasteiger partial charge in [-0.3, -0.25) is 0 Å². The van der Waals surface area contributed by atoms with Gasteiger partial charge in [-0.25, -0.2) is 0 Å². The summed E-state index contributed by atoms with van der Waals surface area (Å²) >= 11 is 0. The van der Waals surface area contributed by atoms with Gasteiger partial charge in [0.15, 0.2) is 0 Å². The molecule has 0 amide bonds. The van der Waals surface area contributed by atoms with E-state index in [-0.39, 0.29) is 12.0 Å². The number of hydrogen-bond acceptors (Lipinski definition) is 2. The molecule has 1 atom stereocenters. The van der Waals surface area contributed by atoms with E-state index in [4.69, 9.17) is 0 Å². The van der Waals surface area contributed by atoms with Gasteiger partial charge in [-0.15, -0.1) is 0 Å². The summed E-state index contributed by atoms with van der Waals surface area (Å²) in [6.07, 6.45) is 2.56. The Hall–Kier alpha value is -0.860. The van der Waals surface area contributed by atoms with Crippen LogP contribution in [0, 0.1) is 0 Å². The molecule has 2 heteroatoms. The van der Waals surface area contributed by atoms with Crippen LogP contribution in [0.2, 0.25) is 0 Å². The fourth-order valence-corrected chi connectivity index (χ4v) is 2.43. The largest absolute Gasteiger partial charge is 0.395 e. The van der Waals surface area contributed by atoms with Gasteiger partial charge in [-0.2, -0.15) is 0 Å². The molecule has 1 fully saturated rings. The van der Waals surface area contributed by atoms with Gasteiger partial charge in [0.2, 0.25) is 0 Å². The number of benzene rings is 1. The van der Waals surface area contributed by atoms with Crippen molar-refractivity contribution in [3.63, 3.8) is 0 Å². The maximum atomic E-state index is 9.36. The van der Waals surface area contributed by atoms with E-state index in [9.17, 15) is 5.11 Å². The van der Waals surface area contributed by atoms with Crippen molar-refractivity contribution in [1.82, 2.24) is 5.32 Å². The van der Waals surface area contributed by atoms with E-state index in [1.165, 1.54) is 24.0 Å². The van der Waals surface area contributed by atoms with Crippen molar-refractivity contribution in [3.05, 3.63) is 35.4 Å². The predicted molar refractivity (Wildman–Crippen MR) is 71.4 cm³/mol. The second-order valence-electron chi connectivity index (χ2n) is 5.71. The first-order valence-electron chi connectivity index (χ1n) is 6.55. The van der Waals surface area contributed by atoms with Crippen LogP contribution < -0.4 is 5.32 Å². The molecule has 1 heterocycles. The molecule has 1 aromatic carbocycles. The topological polar surface area (TPSA) is 32.3 Å².